The van der Waals surface area contributed by atoms with E-state index in [0.29, 0.717) is 27.6 Å². The number of hydrogen-bond donors (Lipinski definition) is 0. The van der Waals surface area contributed by atoms with Crippen LogP contribution in [0.4, 0.5) is 0 Å². The SMILES string of the molecule is Cc1nnc(CSc2c(Cl)cccc2Cl)o1. The van der Waals surface area contributed by atoms with Crippen LogP contribution in [0.3, 0.4) is 0 Å². The second-order valence-corrected chi connectivity index (χ2v) is 4.85. The average Bonchev–Trinajstić information content (AvgIpc) is 2.63. The number of thioether (sulfide) groups is 1. The van der Waals surface area contributed by atoms with Crippen LogP contribution < -0.4 is 0 Å². The fourth-order valence-electron chi connectivity index (χ4n) is 1.15. The topological polar surface area (TPSA) is 38.9 Å². The second-order valence-electron chi connectivity index (χ2n) is 3.05. The van der Waals surface area contributed by atoms with Gasteiger partial charge in [-0.15, -0.1) is 22.0 Å². The van der Waals surface area contributed by atoms with Crippen molar-refractivity contribution in [1.29, 1.82) is 0 Å². The molecule has 6 heteroatoms. The number of hydrogen-bond acceptors (Lipinski definition) is 4. The fourth-order valence-corrected chi connectivity index (χ4v) is 2.67. The van der Waals surface area contributed by atoms with Gasteiger partial charge in [-0.25, -0.2) is 0 Å². The van der Waals surface area contributed by atoms with E-state index in [1.165, 1.54) is 11.8 Å². The molecule has 0 atom stereocenters. The van der Waals surface area contributed by atoms with E-state index in [-0.39, 0.29) is 0 Å². The molecule has 2 rings (SSSR count). The standard InChI is InChI=1S/C10H8Cl2N2OS/c1-6-13-14-9(15-6)5-16-10-7(11)3-2-4-8(10)12/h2-4H,5H2,1H3. The number of rotatable bonds is 3. The summed E-state index contributed by atoms with van der Waals surface area (Å²) in [5, 5.41) is 8.91. The maximum atomic E-state index is 6.03. The average molecular weight is 275 g/mol. The molecule has 84 valence electrons. The number of halogens is 2. The van der Waals surface area contributed by atoms with Crippen molar-refractivity contribution in [3.63, 3.8) is 0 Å². The molecule has 16 heavy (non-hydrogen) atoms. The van der Waals surface area contributed by atoms with Gasteiger partial charge >= 0.3 is 0 Å². The largest absolute Gasteiger partial charge is 0.425 e. The van der Waals surface area contributed by atoms with Crippen molar-refractivity contribution in [2.45, 2.75) is 17.6 Å². The van der Waals surface area contributed by atoms with Crippen molar-refractivity contribution >= 4 is 35.0 Å². The summed E-state index contributed by atoms with van der Waals surface area (Å²) in [6.45, 7) is 1.75. The van der Waals surface area contributed by atoms with Crippen molar-refractivity contribution in [3.8, 4) is 0 Å². The minimum atomic E-state index is 0.556. The molecule has 0 amide bonds. The third-order valence-corrected chi connectivity index (χ3v) is 3.80. The van der Waals surface area contributed by atoms with E-state index in [1.807, 2.05) is 6.07 Å². The first-order valence-electron chi connectivity index (χ1n) is 4.52. The van der Waals surface area contributed by atoms with Crippen LogP contribution in [0.1, 0.15) is 11.8 Å². The van der Waals surface area contributed by atoms with Crippen LogP contribution in [0.15, 0.2) is 27.5 Å². The van der Waals surface area contributed by atoms with Gasteiger partial charge in [-0.1, -0.05) is 29.3 Å². The Morgan fingerprint density at radius 2 is 1.94 bits per heavy atom. The molecule has 0 aliphatic carbocycles. The van der Waals surface area contributed by atoms with Crippen LogP contribution in [0.25, 0.3) is 0 Å². The molecular weight excluding hydrogens is 267 g/mol. The van der Waals surface area contributed by atoms with Gasteiger partial charge in [0.15, 0.2) is 0 Å². The summed E-state index contributed by atoms with van der Waals surface area (Å²) in [5.74, 6) is 1.68. The molecular formula is C10H8Cl2N2OS. The van der Waals surface area contributed by atoms with Gasteiger partial charge in [0.1, 0.15) is 0 Å². The third-order valence-electron chi connectivity index (χ3n) is 1.83. The van der Waals surface area contributed by atoms with Gasteiger partial charge in [-0.2, -0.15) is 0 Å². The molecule has 0 aliphatic heterocycles. The van der Waals surface area contributed by atoms with Gasteiger partial charge in [0, 0.05) is 11.8 Å². The smallest absolute Gasteiger partial charge is 0.226 e. The van der Waals surface area contributed by atoms with Crippen molar-refractivity contribution in [2.75, 3.05) is 0 Å². The van der Waals surface area contributed by atoms with E-state index in [1.54, 1.807) is 19.1 Å². The summed E-state index contributed by atoms with van der Waals surface area (Å²) >= 11 is 13.5. The van der Waals surface area contributed by atoms with E-state index >= 15 is 0 Å². The Kier molecular flexibility index (Phi) is 3.74. The molecule has 0 aliphatic rings. The van der Waals surface area contributed by atoms with Crippen LogP contribution in [-0.4, -0.2) is 10.2 Å². The first-order chi connectivity index (χ1) is 7.66. The highest BCUT2D eigenvalue weighted by Gasteiger charge is 2.09. The van der Waals surface area contributed by atoms with Crippen LogP contribution in [0.5, 0.6) is 0 Å². The molecule has 3 nitrogen and oxygen atoms in total. The first kappa shape index (κ1) is 11.8. The summed E-state index contributed by atoms with van der Waals surface area (Å²) in [6, 6.07) is 5.41. The highest BCUT2D eigenvalue weighted by Crippen LogP contribution is 2.35. The molecule has 2 aromatic rings. The van der Waals surface area contributed by atoms with Crippen LogP contribution >= 0.6 is 35.0 Å². The molecule has 1 aromatic heterocycles. The van der Waals surface area contributed by atoms with Crippen LogP contribution in [0.2, 0.25) is 10.0 Å². The van der Waals surface area contributed by atoms with Gasteiger partial charge < -0.3 is 4.42 Å². The Balaban J connectivity index is 2.10. The van der Waals surface area contributed by atoms with Gasteiger partial charge in [-0.05, 0) is 12.1 Å². The zero-order chi connectivity index (χ0) is 11.5. The summed E-state index contributed by atoms with van der Waals surface area (Å²) in [6.07, 6.45) is 0. The van der Waals surface area contributed by atoms with E-state index < -0.39 is 0 Å². The van der Waals surface area contributed by atoms with Crippen molar-refractivity contribution in [2.24, 2.45) is 0 Å². The lowest BCUT2D eigenvalue weighted by atomic mass is 10.4. The van der Waals surface area contributed by atoms with Crippen molar-refractivity contribution < 1.29 is 4.42 Å². The Morgan fingerprint density at radius 1 is 1.25 bits per heavy atom. The van der Waals surface area contributed by atoms with E-state index in [0.717, 1.165) is 4.90 Å². The predicted octanol–water partition coefficient (Wildman–Crippen LogP) is 3.98. The fraction of sp³-hybridized carbons (Fsp3) is 0.200. The minimum Gasteiger partial charge on any atom is -0.425 e. The molecule has 1 aromatic carbocycles. The van der Waals surface area contributed by atoms with Gasteiger partial charge in [0.05, 0.1) is 15.8 Å². The van der Waals surface area contributed by atoms with Gasteiger partial charge in [0.2, 0.25) is 11.8 Å². The maximum absolute atomic E-state index is 6.03. The van der Waals surface area contributed by atoms with Crippen molar-refractivity contribution in [1.82, 2.24) is 10.2 Å². The molecule has 0 saturated carbocycles. The molecule has 0 N–H and O–H groups in total. The lowest BCUT2D eigenvalue weighted by Crippen LogP contribution is -1.82. The number of benzene rings is 1. The lowest BCUT2D eigenvalue weighted by Gasteiger charge is -2.03. The molecule has 0 saturated heterocycles. The molecule has 0 bridgehead atoms. The highest BCUT2D eigenvalue weighted by atomic mass is 35.5. The molecule has 0 unspecified atom stereocenters. The molecule has 0 spiro atoms. The van der Waals surface area contributed by atoms with Gasteiger partial charge in [0.25, 0.3) is 0 Å². The number of aryl methyl sites for hydroxylation is 1. The van der Waals surface area contributed by atoms with E-state index in [9.17, 15) is 0 Å². The zero-order valence-electron chi connectivity index (χ0n) is 8.41. The molecule has 0 radical (unpaired) electrons. The highest BCUT2D eigenvalue weighted by molar-refractivity contribution is 7.98. The lowest BCUT2D eigenvalue weighted by molar-refractivity contribution is 0.485. The molecule has 0 fully saturated rings. The van der Waals surface area contributed by atoms with Crippen molar-refractivity contribution in [3.05, 3.63) is 40.0 Å². The number of nitrogens with zero attached hydrogens (tertiary/aromatic N) is 2. The molecule has 1 heterocycles. The minimum absolute atomic E-state index is 0.556. The first-order valence-corrected chi connectivity index (χ1v) is 6.27. The zero-order valence-corrected chi connectivity index (χ0v) is 10.7. The number of aromatic nitrogens is 2. The van der Waals surface area contributed by atoms with Crippen LogP contribution in [0, 0.1) is 6.92 Å². The Bertz CT molecular complexity index is 481. The summed E-state index contributed by atoms with van der Waals surface area (Å²) in [5.41, 5.74) is 0. The normalized spacial score (nSPS) is 10.7. The van der Waals surface area contributed by atoms with Crippen LogP contribution in [-0.2, 0) is 5.75 Å². The third kappa shape index (κ3) is 2.70. The quantitative estimate of drug-likeness (QED) is 0.794. The van der Waals surface area contributed by atoms with E-state index in [2.05, 4.69) is 10.2 Å². The monoisotopic (exact) mass is 274 g/mol. The Morgan fingerprint density at radius 3 is 2.50 bits per heavy atom. The Labute approximate surface area is 107 Å². The summed E-state index contributed by atoms with van der Waals surface area (Å²) in [7, 11) is 0. The maximum Gasteiger partial charge on any atom is 0.226 e. The van der Waals surface area contributed by atoms with Gasteiger partial charge in [-0.3, -0.25) is 0 Å². The predicted molar refractivity (Wildman–Crippen MR) is 65.1 cm³/mol. The second kappa shape index (κ2) is 5.08. The summed E-state index contributed by atoms with van der Waals surface area (Å²) in [4.78, 5) is 0.835. The summed E-state index contributed by atoms with van der Waals surface area (Å²) < 4.78 is 5.26. The Hall–Kier alpha value is -0.710. The van der Waals surface area contributed by atoms with E-state index in [4.69, 9.17) is 27.6 Å².